The third kappa shape index (κ3) is 3.70. The van der Waals surface area contributed by atoms with Crippen LogP contribution >= 0.6 is 0 Å². The summed E-state index contributed by atoms with van der Waals surface area (Å²) >= 11 is 0. The van der Waals surface area contributed by atoms with Crippen molar-refractivity contribution in [2.75, 3.05) is 38.5 Å². The first-order chi connectivity index (χ1) is 9.20. The van der Waals surface area contributed by atoms with Crippen molar-refractivity contribution in [1.82, 2.24) is 9.80 Å². The molecule has 1 amide bonds. The second-order valence-corrected chi connectivity index (χ2v) is 5.06. The van der Waals surface area contributed by atoms with Crippen LogP contribution in [0.2, 0.25) is 0 Å². The summed E-state index contributed by atoms with van der Waals surface area (Å²) in [6.45, 7) is 5.71. The van der Waals surface area contributed by atoms with Crippen LogP contribution in [0.15, 0.2) is 30.3 Å². The van der Waals surface area contributed by atoms with E-state index >= 15 is 0 Å². The van der Waals surface area contributed by atoms with Gasteiger partial charge in [-0.2, -0.15) is 0 Å². The number of nitrogens with zero attached hydrogens (tertiary/aromatic N) is 2. The number of rotatable bonds is 5. The van der Waals surface area contributed by atoms with E-state index in [-0.39, 0.29) is 5.91 Å². The van der Waals surface area contributed by atoms with Gasteiger partial charge in [-0.15, -0.1) is 0 Å². The van der Waals surface area contributed by atoms with Gasteiger partial charge in [0.15, 0.2) is 0 Å². The Morgan fingerprint density at radius 1 is 1.42 bits per heavy atom. The highest BCUT2D eigenvalue weighted by Crippen LogP contribution is 2.14. The lowest BCUT2D eigenvalue weighted by Crippen LogP contribution is -2.41. The van der Waals surface area contributed by atoms with Gasteiger partial charge in [-0.25, -0.2) is 0 Å². The number of hydrogen-bond donors (Lipinski definition) is 1. The first-order valence-corrected chi connectivity index (χ1v) is 6.97. The van der Waals surface area contributed by atoms with Gasteiger partial charge in [-0.05, 0) is 25.1 Å². The Morgan fingerprint density at radius 3 is 2.79 bits per heavy atom. The molecule has 1 aliphatic rings. The number of carbonyl (C=O) groups is 1. The monoisotopic (exact) mass is 261 g/mol. The third-order valence-electron chi connectivity index (χ3n) is 3.85. The molecular weight excluding hydrogens is 238 g/mol. The van der Waals surface area contributed by atoms with Crippen molar-refractivity contribution < 1.29 is 4.79 Å². The van der Waals surface area contributed by atoms with Crippen LogP contribution in [-0.4, -0.2) is 55.0 Å². The van der Waals surface area contributed by atoms with Crippen molar-refractivity contribution in [2.45, 2.75) is 19.4 Å². The Balaban J connectivity index is 1.80. The molecule has 1 N–H and O–H groups in total. The maximum absolute atomic E-state index is 12.1. The van der Waals surface area contributed by atoms with Crippen LogP contribution in [0.25, 0.3) is 0 Å². The summed E-state index contributed by atoms with van der Waals surface area (Å²) in [4.78, 5) is 16.4. The smallest absolute Gasteiger partial charge is 0.241 e. The zero-order valence-corrected chi connectivity index (χ0v) is 11.8. The number of hydrogen-bond acceptors (Lipinski definition) is 3. The highest BCUT2D eigenvalue weighted by atomic mass is 16.2. The Hall–Kier alpha value is -1.55. The Morgan fingerprint density at radius 2 is 2.16 bits per heavy atom. The van der Waals surface area contributed by atoms with Crippen molar-refractivity contribution in [3.8, 4) is 0 Å². The quantitative estimate of drug-likeness (QED) is 0.875. The predicted molar refractivity (Wildman–Crippen MR) is 78.2 cm³/mol. The fourth-order valence-electron chi connectivity index (χ4n) is 2.48. The molecule has 0 bridgehead atoms. The normalized spacial score (nSPS) is 19.4. The molecule has 19 heavy (non-hydrogen) atoms. The molecule has 0 radical (unpaired) electrons. The van der Waals surface area contributed by atoms with E-state index in [1.807, 2.05) is 42.3 Å². The van der Waals surface area contributed by atoms with Crippen LogP contribution < -0.4 is 5.32 Å². The van der Waals surface area contributed by atoms with Gasteiger partial charge in [-0.3, -0.25) is 4.79 Å². The van der Waals surface area contributed by atoms with Gasteiger partial charge in [0.2, 0.25) is 5.91 Å². The fraction of sp³-hybridized carbons (Fsp3) is 0.533. The molecule has 0 saturated carbocycles. The van der Waals surface area contributed by atoms with Crippen molar-refractivity contribution in [1.29, 1.82) is 0 Å². The lowest BCUT2D eigenvalue weighted by molar-refractivity contribution is -0.129. The second kappa shape index (κ2) is 6.57. The number of likely N-dealkylation sites (tertiary alicyclic amines) is 1. The minimum absolute atomic E-state index is 0.159. The highest BCUT2D eigenvalue weighted by Gasteiger charge is 2.27. The zero-order chi connectivity index (χ0) is 13.7. The van der Waals surface area contributed by atoms with Gasteiger partial charge in [0.25, 0.3) is 0 Å². The van der Waals surface area contributed by atoms with E-state index in [2.05, 4.69) is 17.1 Å². The number of para-hydroxylation sites is 1. The minimum atomic E-state index is 0.159. The maximum atomic E-state index is 12.1. The van der Waals surface area contributed by atoms with E-state index in [1.54, 1.807) is 0 Å². The van der Waals surface area contributed by atoms with Crippen LogP contribution in [0.4, 0.5) is 5.69 Å². The Kier molecular flexibility index (Phi) is 4.80. The second-order valence-electron chi connectivity index (χ2n) is 5.06. The molecule has 0 spiro atoms. The van der Waals surface area contributed by atoms with Crippen LogP contribution in [0.1, 0.15) is 13.3 Å². The standard InChI is InChI=1S/C15H23N3O/c1-3-18-10-9-14(12-18)17(2)15(19)11-16-13-7-5-4-6-8-13/h4-8,14,16H,3,9-12H2,1-2H3/t14-/m1/s1. The van der Waals surface area contributed by atoms with Crippen molar-refractivity contribution >= 4 is 11.6 Å². The Labute approximate surface area is 115 Å². The first kappa shape index (κ1) is 13.9. The molecule has 4 nitrogen and oxygen atoms in total. The lowest BCUT2D eigenvalue weighted by Gasteiger charge is -2.25. The van der Waals surface area contributed by atoms with Crippen LogP contribution in [0.3, 0.4) is 0 Å². The molecule has 1 aromatic rings. The van der Waals surface area contributed by atoms with Crippen molar-refractivity contribution in [2.24, 2.45) is 0 Å². The number of benzene rings is 1. The number of amides is 1. The molecule has 2 rings (SSSR count). The molecule has 0 unspecified atom stereocenters. The van der Waals surface area contributed by atoms with E-state index in [1.165, 1.54) is 0 Å². The maximum Gasteiger partial charge on any atom is 0.241 e. The molecule has 1 aliphatic heterocycles. The van der Waals surface area contributed by atoms with Crippen LogP contribution in [0, 0.1) is 0 Å². The van der Waals surface area contributed by atoms with Gasteiger partial charge >= 0.3 is 0 Å². The van der Waals surface area contributed by atoms with E-state index < -0.39 is 0 Å². The van der Waals surface area contributed by atoms with E-state index in [0.29, 0.717) is 12.6 Å². The molecule has 0 aromatic heterocycles. The minimum Gasteiger partial charge on any atom is -0.376 e. The molecule has 1 aromatic carbocycles. The van der Waals surface area contributed by atoms with E-state index in [4.69, 9.17) is 0 Å². The average Bonchev–Trinajstić information content (AvgIpc) is 2.94. The summed E-state index contributed by atoms with van der Waals surface area (Å²) in [5, 5.41) is 3.17. The molecule has 1 heterocycles. The van der Waals surface area contributed by atoms with Crippen molar-refractivity contribution in [3.63, 3.8) is 0 Å². The Bertz CT molecular complexity index is 407. The van der Waals surface area contributed by atoms with Crippen LogP contribution in [0.5, 0.6) is 0 Å². The first-order valence-electron chi connectivity index (χ1n) is 6.97. The SMILES string of the molecule is CCN1CC[C@@H](N(C)C(=O)CNc2ccccc2)C1. The summed E-state index contributed by atoms with van der Waals surface area (Å²) in [7, 11) is 1.92. The molecule has 1 saturated heterocycles. The van der Waals surface area contributed by atoms with Gasteiger partial charge in [0.1, 0.15) is 0 Å². The van der Waals surface area contributed by atoms with E-state index in [9.17, 15) is 4.79 Å². The van der Waals surface area contributed by atoms with Crippen LogP contribution in [-0.2, 0) is 4.79 Å². The van der Waals surface area contributed by atoms with E-state index in [0.717, 1.165) is 31.7 Å². The summed E-state index contributed by atoms with van der Waals surface area (Å²) in [6.07, 6.45) is 1.08. The molecule has 1 atom stereocenters. The summed E-state index contributed by atoms with van der Waals surface area (Å²) in [5.41, 5.74) is 0.992. The number of anilines is 1. The summed E-state index contributed by atoms with van der Waals surface area (Å²) in [5.74, 6) is 0.159. The summed E-state index contributed by atoms with van der Waals surface area (Å²) in [6, 6.07) is 10.2. The predicted octanol–water partition coefficient (Wildman–Crippen LogP) is 1.65. The van der Waals surface area contributed by atoms with Gasteiger partial charge in [0, 0.05) is 31.9 Å². The van der Waals surface area contributed by atoms with Gasteiger partial charge < -0.3 is 15.1 Å². The molecule has 4 heteroatoms. The molecule has 1 fully saturated rings. The number of likely N-dealkylation sites (N-methyl/N-ethyl adjacent to an activating group) is 2. The largest absolute Gasteiger partial charge is 0.376 e. The zero-order valence-electron chi connectivity index (χ0n) is 11.8. The average molecular weight is 261 g/mol. The lowest BCUT2D eigenvalue weighted by atomic mass is 10.2. The topological polar surface area (TPSA) is 35.6 Å². The number of carbonyl (C=O) groups excluding carboxylic acids is 1. The summed E-state index contributed by atoms with van der Waals surface area (Å²) < 4.78 is 0. The number of nitrogens with one attached hydrogen (secondary N) is 1. The van der Waals surface area contributed by atoms with Crippen molar-refractivity contribution in [3.05, 3.63) is 30.3 Å². The molecule has 0 aliphatic carbocycles. The van der Waals surface area contributed by atoms with Gasteiger partial charge in [-0.1, -0.05) is 25.1 Å². The molecular formula is C15H23N3O. The molecule has 104 valence electrons. The fourth-order valence-corrected chi connectivity index (χ4v) is 2.48. The third-order valence-corrected chi connectivity index (χ3v) is 3.85. The van der Waals surface area contributed by atoms with Gasteiger partial charge in [0.05, 0.1) is 6.54 Å². The highest BCUT2D eigenvalue weighted by molar-refractivity contribution is 5.81.